The third kappa shape index (κ3) is 4.58. The van der Waals surface area contributed by atoms with Crippen LogP contribution in [0.5, 0.6) is 0 Å². The zero-order valence-corrected chi connectivity index (χ0v) is 18.3. The zero-order valence-electron chi connectivity index (χ0n) is 18.3. The van der Waals surface area contributed by atoms with E-state index >= 15 is 0 Å². The predicted molar refractivity (Wildman–Crippen MR) is 118 cm³/mol. The Hall–Kier alpha value is -2.15. The lowest BCUT2D eigenvalue weighted by Crippen LogP contribution is -2.26. The zero-order chi connectivity index (χ0) is 20.4. The van der Waals surface area contributed by atoms with Crippen molar-refractivity contribution in [3.05, 3.63) is 69.8 Å². The molecular weight excluding hydrogens is 328 g/mol. The van der Waals surface area contributed by atoms with Gasteiger partial charge in [0.25, 0.3) is 0 Å². The minimum Gasteiger partial charge on any atom is -0.299 e. The van der Waals surface area contributed by atoms with Crippen molar-refractivity contribution >= 4 is 16.9 Å². The summed E-state index contributed by atoms with van der Waals surface area (Å²) < 4.78 is 0. The number of carbonyl (C=O) groups is 1. The molecular formula is C26H34O. The molecule has 0 unspecified atom stereocenters. The summed E-state index contributed by atoms with van der Waals surface area (Å²) in [5.74, 6) is 0.198. The Balaban J connectivity index is 2.71. The van der Waals surface area contributed by atoms with Gasteiger partial charge in [-0.2, -0.15) is 0 Å². The van der Waals surface area contributed by atoms with Crippen LogP contribution in [0.3, 0.4) is 0 Å². The first-order valence-electron chi connectivity index (χ1n) is 9.98. The number of hydrogen-bond donors (Lipinski definition) is 0. The summed E-state index contributed by atoms with van der Waals surface area (Å²) in [5.41, 5.74) is 9.79. The van der Waals surface area contributed by atoms with Crippen molar-refractivity contribution < 1.29 is 4.79 Å². The molecule has 0 radical (unpaired) electrons. The van der Waals surface area contributed by atoms with E-state index in [4.69, 9.17) is 0 Å². The number of allylic oxidation sites excluding steroid dienone is 2. The molecule has 0 aliphatic heterocycles. The summed E-state index contributed by atoms with van der Waals surface area (Å²) in [7, 11) is 0. The quantitative estimate of drug-likeness (QED) is 0.496. The summed E-state index contributed by atoms with van der Waals surface area (Å²) in [5, 5.41) is 0. The number of aryl methyl sites for hydroxylation is 3. The molecule has 0 N–H and O–H groups in total. The van der Waals surface area contributed by atoms with Crippen LogP contribution in [0.15, 0.2) is 36.4 Å². The molecule has 0 spiro atoms. The molecule has 0 bridgehead atoms. The highest BCUT2D eigenvalue weighted by Crippen LogP contribution is 2.35. The molecule has 2 rings (SSSR count). The third-order valence-electron chi connectivity index (χ3n) is 5.77. The number of Topliss-reactive ketones (excluding diaryl/α,β-unsaturated/α-hetero) is 1. The average molecular weight is 363 g/mol. The largest absolute Gasteiger partial charge is 0.299 e. The molecule has 2 aromatic rings. The first-order chi connectivity index (χ1) is 12.6. The molecule has 144 valence electrons. The summed E-state index contributed by atoms with van der Waals surface area (Å²) in [6.45, 7) is 16.7. The van der Waals surface area contributed by atoms with E-state index in [1.807, 2.05) is 13.8 Å². The number of carbonyl (C=O) groups excluding carboxylic acids is 1. The van der Waals surface area contributed by atoms with Crippen molar-refractivity contribution in [3.8, 4) is 0 Å². The Morgan fingerprint density at radius 3 is 2.04 bits per heavy atom. The Kier molecular flexibility index (Phi) is 6.46. The van der Waals surface area contributed by atoms with Gasteiger partial charge in [0.1, 0.15) is 5.78 Å². The van der Waals surface area contributed by atoms with Crippen LogP contribution in [0.25, 0.3) is 11.1 Å². The maximum atomic E-state index is 12.2. The first-order valence-corrected chi connectivity index (χ1v) is 9.98. The molecule has 0 fully saturated rings. The number of ketones is 1. The number of benzene rings is 2. The van der Waals surface area contributed by atoms with Crippen LogP contribution >= 0.6 is 0 Å². The maximum Gasteiger partial charge on any atom is 0.139 e. The lowest BCUT2D eigenvalue weighted by molar-refractivity contribution is -0.121. The van der Waals surface area contributed by atoms with Gasteiger partial charge < -0.3 is 0 Å². The van der Waals surface area contributed by atoms with Crippen LogP contribution in [0, 0.1) is 20.8 Å². The topological polar surface area (TPSA) is 17.1 Å². The van der Waals surface area contributed by atoms with Gasteiger partial charge in [0, 0.05) is 5.41 Å². The summed E-state index contributed by atoms with van der Waals surface area (Å²) in [6, 6.07) is 13.3. The van der Waals surface area contributed by atoms with Crippen LogP contribution in [0.2, 0.25) is 0 Å². The Morgan fingerprint density at radius 1 is 0.926 bits per heavy atom. The van der Waals surface area contributed by atoms with E-state index in [9.17, 15) is 4.79 Å². The molecule has 0 saturated carbocycles. The van der Waals surface area contributed by atoms with Gasteiger partial charge in [-0.25, -0.2) is 0 Å². The molecule has 0 heterocycles. The van der Waals surface area contributed by atoms with E-state index in [0.717, 1.165) is 18.4 Å². The SMILES string of the molecule is CCC/C(=C(/C)c1cc(C)cc(C)c1)c1cc(C(C)(C)C(C)=O)ccc1C. The summed E-state index contributed by atoms with van der Waals surface area (Å²) in [6.07, 6.45) is 2.13. The van der Waals surface area contributed by atoms with E-state index in [2.05, 4.69) is 71.0 Å². The Bertz CT molecular complexity index is 861. The molecule has 0 aliphatic carbocycles. The molecule has 1 nitrogen and oxygen atoms in total. The van der Waals surface area contributed by atoms with Crippen LogP contribution < -0.4 is 0 Å². The molecule has 0 saturated heterocycles. The summed E-state index contributed by atoms with van der Waals surface area (Å²) in [4.78, 5) is 12.2. The normalized spacial score (nSPS) is 12.7. The van der Waals surface area contributed by atoms with Crippen LogP contribution in [-0.2, 0) is 10.2 Å². The van der Waals surface area contributed by atoms with Crippen molar-refractivity contribution in [2.24, 2.45) is 0 Å². The lowest BCUT2D eigenvalue weighted by Gasteiger charge is -2.24. The standard InChI is InChI=1S/C26H34O/c1-9-10-24(20(5)22-14-17(2)13-18(3)15-22)25-16-23(12-11-19(25)4)26(7,8)21(6)27/h11-16H,9-10H2,1-8H3/b24-20+. The fraction of sp³-hybridized carbons (Fsp3) is 0.423. The molecule has 2 aromatic carbocycles. The minimum absolute atomic E-state index is 0.198. The monoisotopic (exact) mass is 362 g/mol. The van der Waals surface area contributed by atoms with Crippen molar-refractivity contribution in [3.63, 3.8) is 0 Å². The van der Waals surface area contributed by atoms with E-state index < -0.39 is 5.41 Å². The van der Waals surface area contributed by atoms with Crippen molar-refractivity contribution in [2.45, 2.75) is 73.6 Å². The molecule has 27 heavy (non-hydrogen) atoms. The highest BCUT2D eigenvalue weighted by molar-refractivity contribution is 5.92. The second kappa shape index (κ2) is 8.25. The predicted octanol–water partition coefficient (Wildman–Crippen LogP) is 7.21. The van der Waals surface area contributed by atoms with Gasteiger partial charge in [-0.15, -0.1) is 0 Å². The van der Waals surface area contributed by atoms with Crippen LogP contribution in [0.4, 0.5) is 0 Å². The van der Waals surface area contributed by atoms with Gasteiger partial charge >= 0.3 is 0 Å². The minimum atomic E-state index is -0.465. The van der Waals surface area contributed by atoms with Crippen molar-refractivity contribution in [1.29, 1.82) is 0 Å². The van der Waals surface area contributed by atoms with Gasteiger partial charge in [0.15, 0.2) is 0 Å². The smallest absolute Gasteiger partial charge is 0.139 e. The Labute approximate surface area is 165 Å². The van der Waals surface area contributed by atoms with Gasteiger partial charge in [0.2, 0.25) is 0 Å². The van der Waals surface area contributed by atoms with Gasteiger partial charge in [-0.05, 0) is 88.3 Å². The van der Waals surface area contributed by atoms with Crippen LogP contribution in [-0.4, -0.2) is 5.78 Å². The number of hydrogen-bond acceptors (Lipinski definition) is 1. The molecule has 1 heteroatoms. The summed E-state index contributed by atoms with van der Waals surface area (Å²) >= 11 is 0. The molecule has 0 aromatic heterocycles. The van der Waals surface area contributed by atoms with Gasteiger partial charge in [-0.3, -0.25) is 4.79 Å². The second-order valence-electron chi connectivity index (χ2n) is 8.44. The van der Waals surface area contributed by atoms with Gasteiger partial charge in [-0.1, -0.05) is 60.9 Å². The van der Waals surface area contributed by atoms with Crippen molar-refractivity contribution in [2.75, 3.05) is 0 Å². The van der Waals surface area contributed by atoms with Gasteiger partial charge in [0.05, 0.1) is 0 Å². The molecule has 0 atom stereocenters. The molecule has 0 amide bonds. The number of rotatable bonds is 6. The fourth-order valence-electron chi connectivity index (χ4n) is 3.68. The third-order valence-corrected chi connectivity index (χ3v) is 5.77. The van der Waals surface area contributed by atoms with E-state index in [1.54, 1.807) is 6.92 Å². The fourth-order valence-corrected chi connectivity index (χ4v) is 3.68. The maximum absolute atomic E-state index is 12.2. The van der Waals surface area contributed by atoms with E-state index in [0.29, 0.717) is 0 Å². The Morgan fingerprint density at radius 2 is 1.52 bits per heavy atom. The van der Waals surface area contributed by atoms with Crippen molar-refractivity contribution in [1.82, 2.24) is 0 Å². The average Bonchev–Trinajstić information content (AvgIpc) is 2.58. The second-order valence-corrected chi connectivity index (χ2v) is 8.44. The first kappa shape index (κ1) is 21.2. The van der Waals surface area contributed by atoms with E-state index in [-0.39, 0.29) is 5.78 Å². The van der Waals surface area contributed by atoms with Crippen LogP contribution in [0.1, 0.15) is 80.8 Å². The highest BCUT2D eigenvalue weighted by Gasteiger charge is 2.27. The lowest BCUT2D eigenvalue weighted by atomic mass is 9.78. The highest BCUT2D eigenvalue weighted by atomic mass is 16.1. The molecule has 0 aliphatic rings. The van der Waals surface area contributed by atoms with E-state index in [1.165, 1.54) is 39.0 Å².